The number of hydrogen-bond acceptors (Lipinski definition) is 8. The lowest BCUT2D eigenvalue weighted by Crippen LogP contribution is -2.47. The molecule has 5 aromatic rings. The van der Waals surface area contributed by atoms with Gasteiger partial charge in [0.1, 0.15) is 5.82 Å². The maximum absolute atomic E-state index is 15.2. The molecule has 7 rings (SSSR count). The Morgan fingerprint density at radius 3 is 2.28 bits per heavy atom. The lowest BCUT2D eigenvalue weighted by Gasteiger charge is -2.34. The molecule has 0 radical (unpaired) electrons. The summed E-state index contributed by atoms with van der Waals surface area (Å²) in [5.41, 5.74) is 7.27. The van der Waals surface area contributed by atoms with Crippen LogP contribution in [-0.4, -0.2) is 87.7 Å². The van der Waals surface area contributed by atoms with Gasteiger partial charge in [-0.3, -0.25) is 19.3 Å². The number of fused-ring (bicyclic) bond motifs is 1. The van der Waals surface area contributed by atoms with E-state index in [1.165, 1.54) is 6.07 Å². The van der Waals surface area contributed by atoms with Crippen molar-refractivity contribution >= 4 is 34.4 Å². The molecule has 0 atom stereocenters. The van der Waals surface area contributed by atoms with Crippen LogP contribution in [0, 0.1) is 5.82 Å². The molecule has 0 unspecified atom stereocenters. The zero-order valence-electron chi connectivity index (χ0n) is 32.9. The van der Waals surface area contributed by atoms with E-state index in [0.29, 0.717) is 62.5 Å². The Kier molecular flexibility index (Phi) is 12.5. The molecule has 3 amide bonds. The minimum absolute atomic E-state index is 0.0955. The Morgan fingerprint density at radius 2 is 1.58 bits per heavy atom. The molecule has 0 spiro atoms. The number of carbonyl (C=O) groups excluding carboxylic acids is 3. The number of nitrogens with zero attached hydrogens (tertiary/aromatic N) is 5. The smallest absolute Gasteiger partial charge is 0.251 e. The highest BCUT2D eigenvalue weighted by molar-refractivity contribution is 6.00. The van der Waals surface area contributed by atoms with E-state index in [9.17, 15) is 14.4 Å². The number of pyridine rings is 1. The fourth-order valence-corrected chi connectivity index (χ4v) is 7.68. The number of benzene rings is 3. The molecule has 3 aromatic carbocycles. The van der Waals surface area contributed by atoms with Gasteiger partial charge in [-0.2, -0.15) is 5.10 Å². The van der Waals surface area contributed by atoms with Gasteiger partial charge in [-0.1, -0.05) is 37.3 Å². The summed E-state index contributed by atoms with van der Waals surface area (Å²) in [7, 11) is 0. The largest absolute Gasteiger partial charge is 0.381 e. The highest BCUT2D eigenvalue weighted by Crippen LogP contribution is 2.31. The van der Waals surface area contributed by atoms with E-state index in [2.05, 4.69) is 32.9 Å². The maximum atomic E-state index is 15.2. The number of halogens is 1. The van der Waals surface area contributed by atoms with Crippen molar-refractivity contribution in [2.75, 3.05) is 44.7 Å². The topological polar surface area (TPSA) is 134 Å². The quantitative estimate of drug-likeness (QED) is 0.134. The van der Waals surface area contributed by atoms with Gasteiger partial charge in [0, 0.05) is 106 Å². The van der Waals surface area contributed by atoms with Crippen molar-refractivity contribution in [3.8, 4) is 11.1 Å². The molecule has 2 aliphatic heterocycles. The molecule has 13 heteroatoms. The predicted molar refractivity (Wildman–Crippen MR) is 218 cm³/mol. The van der Waals surface area contributed by atoms with Crippen molar-refractivity contribution in [2.45, 2.75) is 72.3 Å². The van der Waals surface area contributed by atoms with Crippen molar-refractivity contribution in [1.82, 2.24) is 35.2 Å². The van der Waals surface area contributed by atoms with Crippen LogP contribution in [0.2, 0.25) is 0 Å². The van der Waals surface area contributed by atoms with Gasteiger partial charge < -0.3 is 25.6 Å². The molecule has 12 nitrogen and oxygen atoms in total. The Hall–Kier alpha value is -5.66. The SMILES string of the molecule is CCc1nc2c(cnn2CC)c(NC2CCOCC2)c1CNC(=O)c1cccc(C(=O)NCc2ccc(F)c(-c3cccc(CN4CCN(C(C)=O)CC4)c3)c2)c1. The zero-order chi connectivity index (χ0) is 39.9. The van der Waals surface area contributed by atoms with Crippen molar-refractivity contribution in [2.24, 2.45) is 0 Å². The average Bonchev–Trinajstić information content (AvgIpc) is 3.66. The number of aromatic nitrogens is 3. The van der Waals surface area contributed by atoms with Gasteiger partial charge in [0.15, 0.2) is 5.65 Å². The summed E-state index contributed by atoms with van der Waals surface area (Å²) in [6.07, 6.45) is 4.28. The molecule has 2 saturated heterocycles. The van der Waals surface area contributed by atoms with Gasteiger partial charge in [0.25, 0.3) is 11.8 Å². The number of piperazine rings is 1. The summed E-state index contributed by atoms with van der Waals surface area (Å²) in [6.45, 7) is 11.9. The molecular weight excluding hydrogens is 724 g/mol. The first-order chi connectivity index (χ1) is 27.7. The van der Waals surface area contributed by atoms with Gasteiger partial charge in [0.05, 0.1) is 17.3 Å². The van der Waals surface area contributed by atoms with E-state index < -0.39 is 0 Å². The molecule has 2 aromatic heterocycles. The Balaban J connectivity index is 1.00. The lowest BCUT2D eigenvalue weighted by molar-refractivity contribution is -0.130. The fourth-order valence-electron chi connectivity index (χ4n) is 7.68. The van der Waals surface area contributed by atoms with Crippen LogP contribution in [0.15, 0.2) is 72.9 Å². The third-order valence-corrected chi connectivity index (χ3v) is 10.9. The minimum Gasteiger partial charge on any atom is -0.381 e. The monoisotopic (exact) mass is 774 g/mol. The van der Waals surface area contributed by atoms with Gasteiger partial charge in [-0.15, -0.1) is 0 Å². The molecule has 2 fully saturated rings. The van der Waals surface area contributed by atoms with Gasteiger partial charge >= 0.3 is 0 Å². The molecule has 57 heavy (non-hydrogen) atoms. The number of aryl methyl sites for hydroxylation is 2. The van der Waals surface area contributed by atoms with E-state index in [0.717, 1.165) is 70.6 Å². The van der Waals surface area contributed by atoms with E-state index >= 15 is 4.39 Å². The number of rotatable bonds is 13. The Morgan fingerprint density at radius 1 is 0.860 bits per heavy atom. The lowest BCUT2D eigenvalue weighted by atomic mass is 10.00. The van der Waals surface area contributed by atoms with Crippen LogP contribution in [0.25, 0.3) is 22.2 Å². The number of carbonyl (C=O) groups is 3. The summed E-state index contributed by atoms with van der Waals surface area (Å²) >= 11 is 0. The number of hydrogen-bond donors (Lipinski definition) is 3. The van der Waals surface area contributed by atoms with E-state index in [1.54, 1.807) is 43.3 Å². The van der Waals surface area contributed by atoms with Gasteiger partial charge in [0.2, 0.25) is 5.91 Å². The number of amides is 3. The van der Waals surface area contributed by atoms with Crippen LogP contribution in [-0.2, 0) is 42.1 Å². The normalized spacial score (nSPS) is 15.1. The molecule has 4 heterocycles. The molecule has 0 bridgehead atoms. The summed E-state index contributed by atoms with van der Waals surface area (Å²) in [4.78, 5) is 47.8. The van der Waals surface area contributed by atoms with Crippen LogP contribution in [0.4, 0.5) is 10.1 Å². The van der Waals surface area contributed by atoms with Crippen LogP contribution in [0.3, 0.4) is 0 Å². The average molecular weight is 775 g/mol. The zero-order valence-corrected chi connectivity index (χ0v) is 32.9. The van der Waals surface area contributed by atoms with E-state index in [-0.39, 0.29) is 42.7 Å². The summed E-state index contributed by atoms with van der Waals surface area (Å²) in [5, 5.41) is 15.3. The first kappa shape index (κ1) is 39.6. The summed E-state index contributed by atoms with van der Waals surface area (Å²) in [6, 6.07) is 19.6. The fraction of sp³-hybridized carbons (Fsp3) is 0.386. The van der Waals surface area contributed by atoms with Crippen molar-refractivity contribution in [1.29, 1.82) is 0 Å². The molecular formula is C44H51FN8O4. The Bertz CT molecular complexity index is 2240. The van der Waals surface area contributed by atoms with E-state index in [1.807, 2.05) is 47.0 Å². The van der Waals surface area contributed by atoms with Crippen LogP contribution < -0.4 is 16.0 Å². The second-order valence-electron chi connectivity index (χ2n) is 14.7. The molecule has 0 aliphatic carbocycles. The third kappa shape index (κ3) is 9.32. The van der Waals surface area contributed by atoms with Crippen LogP contribution in [0.5, 0.6) is 0 Å². The molecule has 2 aliphatic rings. The highest BCUT2D eigenvalue weighted by atomic mass is 19.1. The van der Waals surface area contributed by atoms with Crippen molar-refractivity contribution < 1.29 is 23.5 Å². The first-order valence-corrected chi connectivity index (χ1v) is 19.9. The molecule has 298 valence electrons. The van der Waals surface area contributed by atoms with Crippen LogP contribution >= 0.6 is 0 Å². The minimum atomic E-state index is -0.347. The first-order valence-electron chi connectivity index (χ1n) is 19.9. The maximum Gasteiger partial charge on any atom is 0.251 e. The van der Waals surface area contributed by atoms with Gasteiger partial charge in [-0.25, -0.2) is 14.1 Å². The summed E-state index contributed by atoms with van der Waals surface area (Å²) < 4.78 is 22.7. The number of ether oxygens (including phenoxy) is 1. The second kappa shape index (κ2) is 18.1. The summed E-state index contributed by atoms with van der Waals surface area (Å²) in [5.74, 6) is -0.906. The van der Waals surface area contributed by atoms with Crippen LogP contribution in [0.1, 0.15) is 76.7 Å². The molecule has 0 saturated carbocycles. The Labute approximate surface area is 332 Å². The van der Waals surface area contributed by atoms with Gasteiger partial charge in [-0.05, 0) is 79.3 Å². The standard InChI is InChI=1S/C44H51FN8O4/c1-4-40-37(41(49-35-14-20-57-21-15-35)38-27-48-53(5-2)42(38)50-40)26-47-44(56)34-11-7-10-33(24-34)43(55)46-25-30-12-13-39(45)36(23-30)32-9-6-8-31(22-32)28-51-16-18-52(19-17-51)29(3)54/h6-13,22-24,27,35H,4-5,14-21,25-26,28H2,1-3H3,(H,46,55)(H,47,56)(H,49,50). The predicted octanol–water partition coefficient (Wildman–Crippen LogP) is 5.93. The highest BCUT2D eigenvalue weighted by Gasteiger charge is 2.23. The molecule has 3 N–H and O–H groups in total. The van der Waals surface area contributed by atoms with Crippen molar-refractivity contribution in [3.63, 3.8) is 0 Å². The van der Waals surface area contributed by atoms with E-state index in [4.69, 9.17) is 9.72 Å². The second-order valence-corrected chi connectivity index (χ2v) is 14.7. The third-order valence-electron chi connectivity index (χ3n) is 10.9. The number of anilines is 1. The number of nitrogens with one attached hydrogen (secondary N) is 3. The van der Waals surface area contributed by atoms with Crippen molar-refractivity contribution in [3.05, 3.63) is 112 Å².